The third kappa shape index (κ3) is 2.61. The van der Waals surface area contributed by atoms with E-state index in [2.05, 4.69) is 16.6 Å². The van der Waals surface area contributed by atoms with E-state index < -0.39 is 10.0 Å². The average molecular weight is 258 g/mol. The number of hydrogen-bond donors (Lipinski definition) is 2. The fourth-order valence-corrected chi connectivity index (χ4v) is 3.28. The Morgan fingerprint density at radius 1 is 1.65 bits per heavy atom. The van der Waals surface area contributed by atoms with Gasteiger partial charge in [0, 0.05) is 13.6 Å². The molecule has 1 aromatic rings. The van der Waals surface area contributed by atoms with E-state index in [0.29, 0.717) is 18.4 Å². The maximum Gasteiger partial charge on any atom is 0.260 e. The van der Waals surface area contributed by atoms with E-state index in [9.17, 15) is 8.42 Å². The van der Waals surface area contributed by atoms with Crippen molar-refractivity contribution in [3.8, 4) is 0 Å². The van der Waals surface area contributed by atoms with Crippen LogP contribution in [0.5, 0.6) is 0 Å². The number of rotatable bonds is 5. The molecule has 0 radical (unpaired) electrons. The zero-order chi connectivity index (χ0) is 12.6. The van der Waals surface area contributed by atoms with Crippen LogP contribution in [0.2, 0.25) is 0 Å². The molecule has 3 N–H and O–H groups in total. The molecule has 1 heterocycles. The van der Waals surface area contributed by atoms with E-state index in [0.717, 1.165) is 0 Å². The molecule has 17 heavy (non-hydrogen) atoms. The van der Waals surface area contributed by atoms with Gasteiger partial charge in [-0.2, -0.15) is 0 Å². The number of anilines is 1. The first-order chi connectivity index (χ1) is 7.92. The molecule has 6 nitrogen and oxygen atoms in total. The summed E-state index contributed by atoms with van der Waals surface area (Å²) >= 11 is 0. The van der Waals surface area contributed by atoms with Crippen LogP contribution < -0.4 is 10.5 Å². The maximum atomic E-state index is 12.0. The number of aromatic nitrogens is 2. The Labute approximate surface area is 101 Å². The van der Waals surface area contributed by atoms with Crippen LogP contribution in [0.1, 0.15) is 19.8 Å². The first-order valence-electron chi connectivity index (χ1n) is 5.68. The molecule has 1 saturated carbocycles. The summed E-state index contributed by atoms with van der Waals surface area (Å²) in [4.78, 5) is 3.78. The number of nitrogens with zero attached hydrogens (tertiary/aromatic N) is 2. The van der Waals surface area contributed by atoms with Gasteiger partial charge in [-0.3, -0.25) is 0 Å². The smallest absolute Gasteiger partial charge is 0.260 e. The normalized spacial score (nSPS) is 18.2. The Kier molecular flexibility index (Phi) is 3.13. The lowest BCUT2D eigenvalue weighted by Gasteiger charge is -2.12. The van der Waals surface area contributed by atoms with Crippen molar-refractivity contribution in [3.05, 3.63) is 6.33 Å². The summed E-state index contributed by atoms with van der Waals surface area (Å²) in [5, 5.41) is 0.0421. The minimum absolute atomic E-state index is 0.0408. The molecule has 96 valence electrons. The summed E-state index contributed by atoms with van der Waals surface area (Å²) in [5.74, 6) is 1.08. The largest absolute Gasteiger partial charge is 0.381 e. The summed E-state index contributed by atoms with van der Waals surface area (Å²) in [7, 11) is -1.94. The molecule has 0 aromatic carbocycles. The van der Waals surface area contributed by atoms with Crippen molar-refractivity contribution in [2.75, 3.05) is 12.3 Å². The lowest BCUT2D eigenvalue weighted by molar-refractivity contribution is 0.490. The van der Waals surface area contributed by atoms with Crippen molar-refractivity contribution in [2.24, 2.45) is 18.9 Å². The second-order valence-corrected chi connectivity index (χ2v) is 6.39. The SMILES string of the molecule is CC(CNS(=O)(=O)c1c(N)ncn1C)C1CC1. The van der Waals surface area contributed by atoms with Crippen LogP contribution in [0.25, 0.3) is 0 Å². The molecule has 0 amide bonds. The molecule has 0 saturated heterocycles. The third-order valence-corrected chi connectivity index (χ3v) is 4.74. The van der Waals surface area contributed by atoms with Crippen molar-refractivity contribution < 1.29 is 8.42 Å². The van der Waals surface area contributed by atoms with Gasteiger partial charge in [0.1, 0.15) is 0 Å². The van der Waals surface area contributed by atoms with Gasteiger partial charge < -0.3 is 10.3 Å². The molecular formula is C10H18N4O2S. The van der Waals surface area contributed by atoms with Gasteiger partial charge in [-0.1, -0.05) is 6.92 Å². The van der Waals surface area contributed by atoms with E-state index in [1.165, 1.54) is 23.7 Å². The Balaban J connectivity index is 2.08. The van der Waals surface area contributed by atoms with Gasteiger partial charge in [-0.25, -0.2) is 18.1 Å². The van der Waals surface area contributed by atoms with Gasteiger partial charge in [0.05, 0.1) is 6.33 Å². The standard InChI is InChI=1S/C10H18N4O2S/c1-7(8-3-4-8)5-13-17(15,16)10-9(11)12-6-14(10)2/h6-8,13H,3-5,11H2,1-2H3. The highest BCUT2D eigenvalue weighted by molar-refractivity contribution is 7.89. The molecule has 1 atom stereocenters. The fraction of sp³-hybridized carbons (Fsp3) is 0.700. The Hall–Kier alpha value is -1.08. The van der Waals surface area contributed by atoms with Crippen molar-refractivity contribution in [1.82, 2.24) is 14.3 Å². The lowest BCUT2D eigenvalue weighted by atomic mass is 10.1. The lowest BCUT2D eigenvalue weighted by Crippen LogP contribution is -2.30. The molecule has 1 aromatic heterocycles. The first-order valence-corrected chi connectivity index (χ1v) is 7.16. The number of nitrogens with two attached hydrogens (primary N) is 1. The number of nitrogens with one attached hydrogen (secondary N) is 1. The van der Waals surface area contributed by atoms with Gasteiger partial charge in [0.15, 0.2) is 10.8 Å². The van der Waals surface area contributed by atoms with E-state index in [-0.39, 0.29) is 10.8 Å². The molecule has 1 unspecified atom stereocenters. The quantitative estimate of drug-likeness (QED) is 0.796. The van der Waals surface area contributed by atoms with E-state index in [1.807, 2.05) is 0 Å². The number of sulfonamides is 1. The van der Waals surface area contributed by atoms with Crippen LogP contribution in [-0.4, -0.2) is 24.5 Å². The molecular weight excluding hydrogens is 240 g/mol. The van der Waals surface area contributed by atoms with Crippen LogP contribution in [-0.2, 0) is 17.1 Å². The zero-order valence-electron chi connectivity index (χ0n) is 10.0. The summed E-state index contributed by atoms with van der Waals surface area (Å²) in [6.45, 7) is 2.52. The highest BCUT2D eigenvalue weighted by Gasteiger charge is 2.30. The van der Waals surface area contributed by atoms with Gasteiger partial charge >= 0.3 is 0 Å². The summed E-state index contributed by atoms with van der Waals surface area (Å²) in [5.41, 5.74) is 5.55. The van der Waals surface area contributed by atoms with Crippen molar-refractivity contribution in [1.29, 1.82) is 0 Å². The van der Waals surface area contributed by atoms with Crippen LogP contribution in [0, 0.1) is 11.8 Å². The molecule has 0 spiro atoms. The van der Waals surface area contributed by atoms with Crippen LogP contribution in [0.3, 0.4) is 0 Å². The first kappa shape index (κ1) is 12.4. The molecule has 2 rings (SSSR count). The number of nitrogen functional groups attached to an aromatic ring is 1. The topological polar surface area (TPSA) is 90.0 Å². The summed E-state index contributed by atoms with van der Waals surface area (Å²) < 4.78 is 28.1. The molecule has 7 heteroatoms. The Morgan fingerprint density at radius 2 is 2.29 bits per heavy atom. The third-order valence-electron chi connectivity index (χ3n) is 3.19. The van der Waals surface area contributed by atoms with Gasteiger partial charge in [-0.05, 0) is 24.7 Å². The number of hydrogen-bond acceptors (Lipinski definition) is 4. The van der Waals surface area contributed by atoms with Crippen LogP contribution >= 0.6 is 0 Å². The molecule has 0 bridgehead atoms. The summed E-state index contributed by atoms with van der Waals surface area (Å²) in [6.07, 6.45) is 3.81. The molecule has 1 aliphatic carbocycles. The van der Waals surface area contributed by atoms with Gasteiger partial charge in [0.25, 0.3) is 10.0 Å². The highest BCUT2D eigenvalue weighted by Crippen LogP contribution is 2.36. The van der Waals surface area contributed by atoms with Crippen LogP contribution in [0.4, 0.5) is 5.82 Å². The Bertz CT molecular complexity index is 485. The molecule has 0 aliphatic heterocycles. The highest BCUT2D eigenvalue weighted by atomic mass is 32.2. The molecule has 1 fully saturated rings. The number of imidazole rings is 1. The zero-order valence-corrected chi connectivity index (χ0v) is 10.9. The van der Waals surface area contributed by atoms with Gasteiger partial charge in [0.2, 0.25) is 0 Å². The summed E-state index contributed by atoms with van der Waals surface area (Å²) in [6, 6.07) is 0. The van der Waals surface area contributed by atoms with E-state index in [1.54, 1.807) is 7.05 Å². The van der Waals surface area contributed by atoms with Crippen molar-refractivity contribution >= 4 is 15.8 Å². The minimum atomic E-state index is -3.55. The van der Waals surface area contributed by atoms with Gasteiger partial charge in [-0.15, -0.1) is 0 Å². The average Bonchev–Trinajstić information content (AvgIpc) is 3.02. The number of aryl methyl sites for hydroxylation is 1. The minimum Gasteiger partial charge on any atom is -0.381 e. The van der Waals surface area contributed by atoms with Crippen LogP contribution in [0.15, 0.2) is 11.4 Å². The fourth-order valence-electron chi connectivity index (χ4n) is 1.91. The second-order valence-electron chi connectivity index (χ2n) is 4.71. The van der Waals surface area contributed by atoms with Crippen molar-refractivity contribution in [2.45, 2.75) is 24.8 Å². The van der Waals surface area contributed by atoms with E-state index >= 15 is 0 Å². The monoisotopic (exact) mass is 258 g/mol. The second kappa shape index (κ2) is 4.30. The predicted molar refractivity (Wildman–Crippen MR) is 64.7 cm³/mol. The van der Waals surface area contributed by atoms with Crippen molar-refractivity contribution in [3.63, 3.8) is 0 Å². The predicted octanol–water partition coefficient (Wildman–Crippen LogP) is 0.327. The Morgan fingerprint density at radius 3 is 2.76 bits per heavy atom. The molecule has 1 aliphatic rings. The maximum absolute atomic E-state index is 12.0. The van der Waals surface area contributed by atoms with E-state index in [4.69, 9.17) is 5.73 Å².